The summed E-state index contributed by atoms with van der Waals surface area (Å²) in [7, 11) is 0. The molecule has 6 heteroatoms. The van der Waals surface area contributed by atoms with E-state index >= 15 is 0 Å². The van der Waals surface area contributed by atoms with Crippen molar-refractivity contribution in [1.29, 1.82) is 0 Å². The summed E-state index contributed by atoms with van der Waals surface area (Å²) >= 11 is 0. The van der Waals surface area contributed by atoms with Crippen molar-refractivity contribution >= 4 is 28.9 Å². The molecular weight excluding hydrogens is 254 g/mol. The van der Waals surface area contributed by atoms with Crippen molar-refractivity contribution in [3.63, 3.8) is 0 Å². The highest BCUT2D eigenvalue weighted by atomic mass is 35.5. The molecule has 0 radical (unpaired) electrons. The Labute approximate surface area is 110 Å². The van der Waals surface area contributed by atoms with E-state index in [4.69, 9.17) is 5.73 Å². The molecule has 2 N–H and O–H groups in total. The highest BCUT2D eigenvalue weighted by molar-refractivity contribution is 5.86. The predicted octanol–water partition coefficient (Wildman–Crippen LogP) is 1.88. The summed E-state index contributed by atoms with van der Waals surface area (Å²) in [4.78, 5) is 14.4. The number of nitrogens with zero attached hydrogens (tertiary/aromatic N) is 2. The van der Waals surface area contributed by atoms with E-state index in [0.717, 1.165) is 10.8 Å². The lowest BCUT2D eigenvalue weighted by Gasteiger charge is -1.99. The number of nitro benzene ring substituents is 1. The number of hydrogen-bond acceptors (Lipinski definition) is 4. The summed E-state index contributed by atoms with van der Waals surface area (Å²) in [6.07, 6.45) is 3.24. The van der Waals surface area contributed by atoms with Crippen LogP contribution in [0.25, 0.3) is 10.8 Å². The molecule has 92 valence electrons. The quantitative estimate of drug-likeness (QED) is 0.484. The Hall–Kier alpha value is -2.16. The second kappa shape index (κ2) is 5.96. The summed E-state index contributed by atoms with van der Waals surface area (Å²) in [5.74, 6) is 5.32. The van der Waals surface area contributed by atoms with Gasteiger partial charge in [-0.1, -0.05) is 11.8 Å². The molecule has 0 unspecified atom stereocenters. The van der Waals surface area contributed by atoms with Crippen LogP contribution < -0.4 is 5.73 Å². The number of rotatable bonds is 1. The third kappa shape index (κ3) is 2.74. The van der Waals surface area contributed by atoms with Crippen molar-refractivity contribution in [2.45, 2.75) is 0 Å². The van der Waals surface area contributed by atoms with E-state index in [1.807, 2.05) is 0 Å². The van der Waals surface area contributed by atoms with E-state index in [1.54, 1.807) is 24.5 Å². The number of fused-ring (bicyclic) bond motifs is 1. The summed E-state index contributed by atoms with van der Waals surface area (Å²) in [5, 5.41) is 12.5. The number of nitro groups is 1. The molecule has 0 atom stereocenters. The van der Waals surface area contributed by atoms with Crippen molar-refractivity contribution in [2.24, 2.45) is 5.73 Å². The molecule has 0 amide bonds. The smallest absolute Gasteiger partial charge is 0.285 e. The van der Waals surface area contributed by atoms with Gasteiger partial charge in [0.2, 0.25) is 0 Å². The van der Waals surface area contributed by atoms with Gasteiger partial charge >= 0.3 is 0 Å². The van der Waals surface area contributed by atoms with Crippen LogP contribution in [-0.4, -0.2) is 16.5 Å². The van der Waals surface area contributed by atoms with Gasteiger partial charge in [0.1, 0.15) is 5.56 Å². The van der Waals surface area contributed by atoms with Gasteiger partial charge in [-0.05, 0) is 17.5 Å². The highest BCUT2D eigenvalue weighted by Crippen LogP contribution is 2.24. The predicted molar refractivity (Wildman–Crippen MR) is 71.6 cm³/mol. The van der Waals surface area contributed by atoms with Crippen LogP contribution in [0.1, 0.15) is 5.56 Å². The lowest BCUT2D eigenvalue weighted by atomic mass is 10.1. The first kappa shape index (κ1) is 13.9. The van der Waals surface area contributed by atoms with Crippen molar-refractivity contribution in [3.8, 4) is 11.8 Å². The maximum Gasteiger partial charge on any atom is 0.285 e. The zero-order valence-electron chi connectivity index (χ0n) is 9.29. The van der Waals surface area contributed by atoms with Crippen molar-refractivity contribution in [1.82, 2.24) is 4.98 Å². The van der Waals surface area contributed by atoms with E-state index < -0.39 is 4.92 Å². The second-order valence-electron chi connectivity index (χ2n) is 3.36. The number of halogens is 1. The van der Waals surface area contributed by atoms with Crippen LogP contribution in [0.2, 0.25) is 0 Å². The van der Waals surface area contributed by atoms with Gasteiger partial charge in [-0.25, -0.2) is 0 Å². The molecule has 0 aliphatic heterocycles. The van der Waals surface area contributed by atoms with Crippen LogP contribution in [0.3, 0.4) is 0 Å². The molecule has 0 saturated carbocycles. The van der Waals surface area contributed by atoms with Gasteiger partial charge in [-0.3, -0.25) is 15.1 Å². The fraction of sp³-hybridized carbons (Fsp3) is 0.0833. The molecule has 0 aliphatic carbocycles. The van der Waals surface area contributed by atoms with E-state index in [2.05, 4.69) is 16.8 Å². The molecule has 0 fully saturated rings. The molecule has 5 nitrogen and oxygen atoms in total. The lowest BCUT2D eigenvalue weighted by Crippen LogP contribution is -1.95. The van der Waals surface area contributed by atoms with Gasteiger partial charge in [-0.15, -0.1) is 12.4 Å². The molecule has 2 aromatic rings. The molecule has 1 aromatic carbocycles. The molecule has 2 rings (SSSR count). The van der Waals surface area contributed by atoms with Gasteiger partial charge < -0.3 is 5.73 Å². The maximum absolute atomic E-state index is 10.9. The average Bonchev–Trinajstić information content (AvgIpc) is 2.35. The molecule has 18 heavy (non-hydrogen) atoms. The van der Waals surface area contributed by atoms with Gasteiger partial charge in [0.05, 0.1) is 11.5 Å². The standard InChI is InChI=1S/C12H9N3O2.ClH/c13-4-1-2-10-6-11-8-14-5-3-9(11)7-12(10)15(16)17;/h3,5-8H,4,13H2;1H. The third-order valence-corrected chi connectivity index (χ3v) is 2.28. The normalized spacial score (nSPS) is 9.17. The molecular formula is C12H10ClN3O2. The Kier molecular flexibility index (Phi) is 4.60. The Bertz CT molecular complexity index is 647. The number of pyridine rings is 1. The zero-order chi connectivity index (χ0) is 12.3. The van der Waals surface area contributed by atoms with Crippen LogP contribution in [-0.2, 0) is 0 Å². The first-order chi connectivity index (χ1) is 8.22. The fourth-order valence-electron chi connectivity index (χ4n) is 1.52. The van der Waals surface area contributed by atoms with Crippen LogP contribution in [0, 0.1) is 22.0 Å². The van der Waals surface area contributed by atoms with Crippen molar-refractivity contribution < 1.29 is 4.92 Å². The van der Waals surface area contributed by atoms with Gasteiger partial charge in [0, 0.05) is 23.8 Å². The van der Waals surface area contributed by atoms with Crippen molar-refractivity contribution in [2.75, 3.05) is 6.54 Å². The number of aromatic nitrogens is 1. The maximum atomic E-state index is 10.9. The number of hydrogen-bond donors (Lipinski definition) is 1. The Morgan fingerprint density at radius 1 is 1.39 bits per heavy atom. The molecule has 1 heterocycles. The summed E-state index contributed by atoms with van der Waals surface area (Å²) < 4.78 is 0. The minimum atomic E-state index is -0.444. The van der Waals surface area contributed by atoms with E-state index in [-0.39, 0.29) is 24.6 Å². The van der Waals surface area contributed by atoms with Gasteiger partial charge in [0.15, 0.2) is 0 Å². The Morgan fingerprint density at radius 2 is 2.17 bits per heavy atom. The van der Waals surface area contributed by atoms with Crippen LogP contribution >= 0.6 is 12.4 Å². The molecule has 0 aliphatic rings. The summed E-state index contributed by atoms with van der Waals surface area (Å²) in [5.41, 5.74) is 5.61. The molecule has 1 aromatic heterocycles. The Balaban J connectivity index is 0.00000162. The topological polar surface area (TPSA) is 82.0 Å². The number of nitrogens with two attached hydrogens (primary N) is 1. The first-order valence-electron chi connectivity index (χ1n) is 4.93. The SMILES string of the molecule is Cl.NCC#Cc1cc2cnccc2cc1[N+](=O)[O-]. The molecule has 0 spiro atoms. The minimum absolute atomic E-state index is 0. The van der Waals surface area contributed by atoms with Crippen LogP contribution in [0.15, 0.2) is 30.6 Å². The highest BCUT2D eigenvalue weighted by Gasteiger charge is 2.13. The van der Waals surface area contributed by atoms with Crippen LogP contribution in [0.5, 0.6) is 0 Å². The van der Waals surface area contributed by atoms with E-state index in [0.29, 0.717) is 5.56 Å². The zero-order valence-corrected chi connectivity index (χ0v) is 10.1. The average molecular weight is 264 g/mol. The van der Waals surface area contributed by atoms with Crippen LogP contribution in [0.4, 0.5) is 5.69 Å². The molecule has 0 bridgehead atoms. The fourth-order valence-corrected chi connectivity index (χ4v) is 1.52. The van der Waals surface area contributed by atoms with Crippen molar-refractivity contribution in [3.05, 3.63) is 46.3 Å². The largest absolute Gasteiger partial charge is 0.320 e. The summed E-state index contributed by atoms with van der Waals surface area (Å²) in [6.45, 7) is 0.169. The summed E-state index contributed by atoms with van der Waals surface area (Å²) in [6, 6.07) is 4.88. The Morgan fingerprint density at radius 3 is 2.83 bits per heavy atom. The first-order valence-corrected chi connectivity index (χ1v) is 4.93. The van der Waals surface area contributed by atoms with Gasteiger partial charge in [-0.2, -0.15) is 0 Å². The minimum Gasteiger partial charge on any atom is -0.320 e. The number of benzene rings is 1. The van der Waals surface area contributed by atoms with Gasteiger partial charge in [0.25, 0.3) is 5.69 Å². The molecule has 0 saturated heterocycles. The van der Waals surface area contributed by atoms with E-state index in [9.17, 15) is 10.1 Å². The van der Waals surface area contributed by atoms with E-state index in [1.165, 1.54) is 6.07 Å². The second-order valence-corrected chi connectivity index (χ2v) is 3.36. The monoisotopic (exact) mass is 263 g/mol. The third-order valence-electron chi connectivity index (χ3n) is 2.28. The lowest BCUT2D eigenvalue weighted by molar-refractivity contribution is -0.385.